The molecule has 2 nitrogen and oxygen atoms in total. The molecule has 0 aromatic rings. The first kappa shape index (κ1) is 14.0. The van der Waals surface area contributed by atoms with Crippen LogP contribution in [0.5, 0.6) is 0 Å². The van der Waals surface area contributed by atoms with E-state index >= 15 is 0 Å². The predicted molar refractivity (Wildman–Crippen MR) is 75.7 cm³/mol. The van der Waals surface area contributed by atoms with Crippen LogP contribution in [0, 0.1) is 0 Å². The molecule has 0 saturated heterocycles. The highest BCUT2D eigenvalue weighted by Gasteiger charge is 2.27. The number of rotatable bonds is 2. The molecule has 0 saturated carbocycles. The van der Waals surface area contributed by atoms with Gasteiger partial charge in [-0.2, -0.15) is 0 Å². The Kier molecular flexibility index (Phi) is 5.49. The van der Waals surface area contributed by atoms with Gasteiger partial charge in [-0.05, 0) is 36.8 Å². The van der Waals surface area contributed by atoms with Gasteiger partial charge >= 0.3 is 0 Å². The smallest absolute Gasteiger partial charge is 0.0352 e. The van der Waals surface area contributed by atoms with Gasteiger partial charge in [0.25, 0.3) is 0 Å². The number of hydrogen-bond acceptors (Lipinski definition) is 2. The fourth-order valence-corrected chi connectivity index (χ4v) is 2.39. The molecule has 96 valence electrons. The molecular formula is C15H26N2. The van der Waals surface area contributed by atoms with Crippen molar-refractivity contribution >= 4 is 0 Å². The number of nitrogens with zero attached hydrogens (tertiary/aromatic N) is 2. The summed E-state index contributed by atoms with van der Waals surface area (Å²) < 4.78 is 0. The number of likely N-dealkylation sites (N-methyl/N-ethyl adjacent to an activating group) is 1. The Hall–Kier alpha value is -1.02. The van der Waals surface area contributed by atoms with Crippen molar-refractivity contribution in [2.45, 2.75) is 39.7 Å². The highest BCUT2D eigenvalue weighted by atomic mass is 15.1. The van der Waals surface area contributed by atoms with Gasteiger partial charge in [-0.25, -0.2) is 0 Å². The van der Waals surface area contributed by atoms with Crippen molar-refractivity contribution in [3.63, 3.8) is 0 Å². The lowest BCUT2D eigenvalue weighted by Gasteiger charge is -2.21. The third kappa shape index (κ3) is 3.22. The lowest BCUT2D eigenvalue weighted by atomic mass is 10.0. The SMILES string of the molecule is CC.CCCC1C2=C(C=CN(C)C=C2)CN1C. The van der Waals surface area contributed by atoms with Gasteiger partial charge in [-0.15, -0.1) is 0 Å². The first-order valence-corrected chi connectivity index (χ1v) is 6.74. The minimum atomic E-state index is 0.623. The molecule has 2 aliphatic rings. The molecule has 0 bridgehead atoms. The fraction of sp³-hybridized carbons (Fsp3) is 0.600. The summed E-state index contributed by atoms with van der Waals surface area (Å²) in [5, 5.41) is 0. The molecule has 0 amide bonds. The van der Waals surface area contributed by atoms with Gasteiger partial charge in [-0.1, -0.05) is 27.2 Å². The van der Waals surface area contributed by atoms with E-state index in [4.69, 9.17) is 0 Å². The maximum Gasteiger partial charge on any atom is 0.0352 e. The van der Waals surface area contributed by atoms with Gasteiger partial charge in [0.1, 0.15) is 0 Å². The molecule has 2 heteroatoms. The normalized spacial score (nSPS) is 23.4. The van der Waals surface area contributed by atoms with Gasteiger partial charge in [0.15, 0.2) is 0 Å². The molecule has 0 fully saturated rings. The van der Waals surface area contributed by atoms with Crippen LogP contribution in [0.15, 0.2) is 35.7 Å². The molecule has 1 unspecified atom stereocenters. The van der Waals surface area contributed by atoms with Crippen LogP contribution >= 0.6 is 0 Å². The van der Waals surface area contributed by atoms with E-state index in [-0.39, 0.29) is 0 Å². The van der Waals surface area contributed by atoms with E-state index < -0.39 is 0 Å². The van der Waals surface area contributed by atoms with Crippen LogP contribution in [-0.2, 0) is 0 Å². The average molecular weight is 234 g/mol. The lowest BCUT2D eigenvalue weighted by Crippen LogP contribution is -2.27. The van der Waals surface area contributed by atoms with Crippen molar-refractivity contribution in [3.05, 3.63) is 35.7 Å². The Labute approximate surface area is 106 Å². The van der Waals surface area contributed by atoms with Crippen molar-refractivity contribution in [1.82, 2.24) is 9.80 Å². The van der Waals surface area contributed by atoms with Crippen LogP contribution in [0.4, 0.5) is 0 Å². The zero-order valence-corrected chi connectivity index (χ0v) is 11.9. The second-order valence-electron chi connectivity index (χ2n) is 4.50. The van der Waals surface area contributed by atoms with Crippen molar-refractivity contribution in [3.8, 4) is 0 Å². The second-order valence-corrected chi connectivity index (χ2v) is 4.50. The van der Waals surface area contributed by atoms with Gasteiger partial charge in [0.05, 0.1) is 0 Å². The molecule has 0 N–H and O–H groups in total. The summed E-state index contributed by atoms with van der Waals surface area (Å²) in [5.74, 6) is 0. The monoisotopic (exact) mass is 234 g/mol. The Bertz CT molecular complexity index is 326. The molecule has 1 atom stereocenters. The average Bonchev–Trinajstić information content (AvgIpc) is 2.51. The van der Waals surface area contributed by atoms with Crippen LogP contribution < -0.4 is 0 Å². The van der Waals surface area contributed by atoms with Gasteiger partial charge in [0.2, 0.25) is 0 Å². The van der Waals surface area contributed by atoms with E-state index in [0.717, 1.165) is 6.54 Å². The standard InChI is InChI=1S/C13H20N2.C2H6/c1-4-5-13-12-7-9-14(2)8-6-11(12)10-15(13)3;1-2/h6-9,13H,4-5,10H2,1-3H3;1-2H3. The van der Waals surface area contributed by atoms with E-state index in [9.17, 15) is 0 Å². The predicted octanol–water partition coefficient (Wildman–Crippen LogP) is 3.40. The molecule has 0 spiro atoms. The van der Waals surface area contributed by atoms with Crippen LogP contribution in [0.25, 0.3) is 0 Å². The van der Waals surface area contributed by atoms with Crippen LogP contribution in [0.3, 0.4) is 0 Å². The third-order valence-corrected chi connectivity index (χ3v) is 3.24. The van der Waals surface area contributed by atoms with Crippen LogP contribution in [0.1, 0.15) is 33.6 Å². The molecule has 2 aliphatic heterocycles. The van der Waals surface area contributed by atoms with E-state index in [1.165, 1.54) is 24.0 Å². The largest absolute Gasteiger partial charge is 0.357 e. The first-order chi connectivity index (χ1) is 8.22. The summed E-state index contributed by atoms with van der Waals surface area (Å²) in [6.07, 6.45) is 11.3. The van der Waals surface area contributed by atoms with Crippen LogP contribution in [0.2, 0.25) is 0 Å². The molecule has 2 heterocycles. The summed E-state index contributed by atoms with van der Waals surface area (Å²) in [5.41, 5.74) is 3.00. The highest BCUT2D eigenvalue weighted by Crippen LogP contribution is 2.29. The summed E-state index contributed by atoms with van der Waals surface area (Å²) in [4.78, 5) is 4.56. The highest BCUT2D eigenvalue weighted by molar-refractivity contribution is 5.43. The van der Waals surface area contributed by atoms with Crippen molar-refractivity contribution in [2.75, 3.05) is 20.6 Å². The summed E-state index contributed by atoms with van der Waals surface area (Å²) in [6, 6.07) is 0.623. The first-order valence-electron chi connectivity index (χ1n) is 6.74. The molecule has 0 aromatic heterocycles. The van der Waals surface area contributed by atoms with Gasteiger partial charge in [0, 0.05) is 32.0 Å². The van der Waals surface area contributed by atoms with Gasteiger partial charge < -0.3 is 4.90 Å². The molecule has 2 rings (SSSR count). The Morgan fingerprint density at radius 3 is 2.47 bits per heavy atom. The van der Waals surface area contributed by atoms with E-state index in [2.05, 4.69) is 55.4 Å². The Morgan fingerprint density at radius 2 is 1.82 bits per heavy atom. The van der Waals surface area contributed by atoms with Crippen molar-refractivity contribution in [2.24, 2.45) is 0 Å². The maximum absolute atomic E-state index is 2.45. The molecule has 0 aromatic carbocycles. The zero-order valence-electron chi connectivity index (χ0n) is 11.9. The van der Waals surface area contributed by atoms with Gasteiger partial charge in [-0.3, -0.25) is 4.90 Å². The molecule has 0 aliphatic carbocycles. The van der Waals surface area contributed by atoms with E-state index in [0.29, 0.717) is 6.04 Å². The molecule has 17 heavy (non-hydrogen) atoms. The topological polar surface area (TPSA) is 6.48 Å². The lowest BCUT2D eigenvalue weighted by molar-refractivity contribution is 0.309. The van der Waals surface area contributed by atoms with E-state index in [1.807, 2.05) is 13.8 Å². The van der Waals surface area contributed by atoms with E-state index in [1.54, 1.807) is 0 Å². The minimum absolute atomic E-state index is 0.623. The van der Waals surface area contributed by atoms with Crippen molar-refractivity contribution < 1.29 is 0 Å². The minimum Gasteiger partial charge on any atom is -0.357 e. The maximum atomic E-state index is 2.45. The summed E-state index contributed by atoms with van der Waals surface area (Å²) in [6.45, 7) is 7.35. The Morgan fingerprint density at radius 1 is 1.18 bits per heavy atom. The van der Waals surface area contributed by atoms with Crippen molar-refractivity contribution in [1.29, 1.82) is 0 Å². The molecule has 0 radical (unpaired) electrons. The third-order valence-electron chi connectivity index (χ3n) is 3.24. The number of hydrogen-bond donors (Lipinski definition) is 0. The van der Waals surface area contributed by atoms with Crippen LogP contribution in [-0.4, -0.2) is 36.5 Å². The fourth-order valence-electron chi connectivity index (χ4n) is 2.39. The molecular weight excluding hydrogens is 208 g/mol. The summed E-state index contributed by atoms with van der Waals surface area (Å²) in [7, 11) is 4.30. The second kappa shape index (κ2) is 6.65. The zero-order chi connectivity index (χ0) is 12.8. The Balaban J connectivity index is 0.000000686. The quantitative estimate of drug-likeness (QED) is 0.722. The summed E-state index contributed by atoms with van der Waals surface area (Å²) >= 11 is 0.